The topological polar surface area (TPSA) is 116 Å². The number of pyridine rings is 1. The summed E-state index contributed by atoms with van der Waals surface area (Å²) in [5, 5.41) is 7.14. The number of rotatable bonds is 8. The highest BCUT2D eigenvalue weighted by Gasteiger charge is 2.26. The van der Waals surface area contributed by atoms with E-state index in [1.54, 1.807) is 31.3 Å². The average Bonchev–Trinajstić information content (AvgIpc) is 3.41. The maximum Gasteiger partial charge on any atom is 0.251 e. The number of hydrogen-bond acceptors (Lipinski definition) is 7. The van der Waals surface area contributed by atoms with E-state index in [4.69, 9.17) is 38.2 Å². The van der Waals surface area contributed by atoms with E-state index in [-0.39, 0.29) is 21.8 Å². The van der Waals surface area contributed by atoms with Crippen LogP contribution in [0.1, 0.15) is 72.3 Å². The van der Waals surface area contributed by atoms with E-state index < -0.39 is 11.9 Å². The molecule has 8 nitrogen and oxygen atoms in total. The summed E-state index contributed by atoms with van der Waals surface area (Å²) >= 11 is 12.4. The van der Waals surface area contributed by atoms with Crippen LogP contribution in [0.4, 0.5) is 10.2 Å². The van der Waals surface area contributed by atoms with Gasteiger partial charge in [0.15, 0.2) is 17.4 Å². The van der Waals surface area contributed by atoms with Crippen LogP contribution in [0.25, 0.3) is 11.1 Å². The largest absolute Gasteiger partial charge is 0.482 e. The molecule has 3 N–H and O–H groups in total. The fourth-order valence-corrected chi connectivity index (χ4v) is 5.80. The van der Waals surface area contributed by atoms with Gasteiger partial charge in [0.2, 0.25) is 5.89 Å². The summed E-state index contributed by atoms with van der Waals surface area (Å²) in [5.74, 6) is 1.85. The second kappa shape index (κ2) is 12.4. The Morgan fingerprint density at radius 2 is 1.88 bits per heavy atom. The van der Waals surface area contributed by atoms with E-state index in [0.717, 1.165) is 42.7 Å². The van der Waals surface area contributed by atoms with Crippen LogP contribution in [-0.2, 0) is 0 Å². The highest BCUT2D eigenvalue weighted by atomic mass is 35.5. The van der Waals surface area contributed by atoms with Crippen LogP contribution >= 0.6 is 23.2 Å². The first kappa shape index (κ1) is 28.8. The molecule has 4 aromatic rings. The van der Waals surface area contributed by atoms with Gasteiger partial charge in [-0.1, -0.05) is 40.5 Å². The summed E-state index contributed by atoms with van der Waals surface area (Å²) in [6.07, 6.45) is 4.87. The van der Waals surface area contributed by atoms with Crippen LogP contribution < -0.4 is 15.8 Å². The van der Waals surface area contributed by atoms with Gasteiger partial charge >= 0.3 is 0 Å². The number of halogens is 3. The second-order valence-electron chi connectivity index (χ2n) is 10.3. The molecular weight excluding hydrogens is 568 g/mol. The molecule has 0 bridgehead atoms. The first-order valence-electron chi connectivity index (χ1n) is 13.4. The Kier molecular flexibility index (Phi) is 8.75. The molecule has 1 saturated carbocycles. The maximum atomic E-state index is 14.0. The summed E-state index contributed by atoms with van der Waals surface area (Å²) < 4.78 is 25.3. The number of aromatic nitrogens is 3. The maximum absolute atomic E-state index is 14.0. The molecular formula is C30H30Cl2FN5O3. The number of anilines is 1. The van der Waals surface area contributed by atoms with Crippen molar-refractivity contribution in [3.8, 4) is 16.9 Å². The number of carbonyl (C=O) groups excluding carboxylic acids is 1. The van der Waals surface area contributed by atoms with E-state index in [1.807, 2.05) is 19.1 Å². The number of nitrogens with one attached hydrogen (secondary N) is 1. The van der Waals surface area contributed by atoms with Crippen molar-refractivity contribution in [3.05, 3.63) is 87.4 Å². The molecule has 0 saturated heterocycles. The lowest BCUT2D eigenvalue weighted by atomic mass is 9.82. The third kappa shape index (κ3) is 6.63. The van der Waals surface area contributed by atoms with E-state index >= 15 is 0 Å². The van der Waals surface area contributed by atoms with E-state index in [0.29, 0.717) is 41.1 Å². The molecule has 5 rings (SSSR count). The van der Waals surface area contributed by atoms with Crippen LogP contribution in [0.2, 0.25) is 10.0 Å². The molecule has 0 unspecified atom stereocenters. The molecule has 11 heteroatoms. The summed E-state index contributed by atoms with van der Waals surface area (Å²) in [7, 11) is 0. The van der Waals surface area contributed by atoms with Gasteiger partial charge in [0.25, 0.3) is 5.91 Å². The Bertz CT molecular complexity index is 1540. The minimum Gasteiger partial charge on any atom is -0.482 e. The summed E-state index contributed by atoms with van der Waals surface area (Å²) in [6, 6.07) is 11.6. The molecule has 0 aliphatic heterocycles. The Morgan fingerprint density at radius 1 is 1.15 bits per heavy atom. The standard InChI is InChI=1S/C30H30Cl2FN5O3/c1-16(26-23(31)11-12-24(33)27(26)32)40-25-13-22(15-35-28(25)34)19-7-9-20(10-8-19)29(39)36-14-18-3-5-21(6-4-18)30-37-17(2)38-41-30/h7-13,15-16,18,21H,3-6,14H2,1-2H3,(H2,34,35)(H,36,39)/t16-,18-,21-/m0/s1. The van der Waals surface area contributed by atoms with Crippen molar-refractivity contribution in [1.29, 1.82) is 0 Å². The Labute approximate surface area is 247 Å². The van der Waals surface area contributed by atoms with Crippen molar-refractivity contribution in [2.24, 2.45) is 5.92 Å². The third-order valence-electron chi connectivity index (χ3n) is 7.44. The number of nitrogens with two attached hydrogens (primary N) is 1. The molecule has 0 radical (unpaired) electrons. The monoisotopic (exact) mass is 597 g/mol. The summed E-state index contributed by atoms with van der Waals surface area (Å²) in [6.45, 7) is 4.15. The zero-order valence-corrected chi connectivity index (χ0v) is 24.2. The predicted octanol–water partition coefficient (Wildman–Crippen LogP) is 7.31. The molecule has 1 fully saturated rings. The van der Waals surface area contributed by atoms with Gasteiger partial charge in [-0.05, 0) is 81.3 Å². The summed E-state index contributed by atoms with van der Waals surface area (Å²) in [4.78, 5) is 21.4. The smallest absolute Gasteiger partial charge is 0.251 e. The zero-order chi connectivity index (χ0) is 29.1. The predicted molar refractivity (Wildman–Crippen MR) is 156 cm³/mol. The highest BCUT2D eigenvalue weighted by molar-refractivity contribution is 6.36. The number of hydrogen-bond donors (Lipinski definition) is 2. The third-order valence-corrected chi connectivity index (χ3v) is 8.16. The van der Waals surface area contributed by atoms with Crippen molar-refractivity contribution in [2.75, 3.05) is 12.3 Å². The number of aryl methyl sites for hydroxylation is 1. The molecule has 1 aliphatic carbocycles. The van der Waals surface area contributed by atoms with Gasteiger partial charge in [-0.25, -0.2) is 9.37 Å². The fourth-order valence-electron chi connectivity index (χ4n) is 5.12. The Hall–Kier alpha value is -3.69. The second-order valence-corrected chi connectivity index (χ2v) is 11.1. The Balaban J connectivity index is 1.19. The van der Waals surface area contributed by atoms with Crippen LogP contribution in [0.3, 0.4) is 0 Å². The van der Waals surface area contributed by atoms with Gasteiger partial charge in [0, 0.05) is 40.4 Å². The fraction of sp³-hybridized carbons (Fsp3) is 0.333. The quantitative estimate of drug-likeness (QED) is 0.204. The number of nitrogen functional groups attached to an aromatic ring is 1. The molecule has 41 heavy (non-hydrogen) atoms. The van der Waals surface area contributed by atoms with E-state index in [1.165, 1.54) is 12.1 Å². The van der Waals surface area contributed by atoms with Gasteiger partial charge in [0.1, 0.15) is 11.9 Å². The lowest BCUT2D eigenvalue weighted by Gasteiger charge is -2.26. The van der Waals surface area contributed by atoms with Crippen molar-refractivity contribution < 1.29 is 18.4 Å². The number of amides is 1. The highest BCUT2D eigenvalue weighted by Crippen LogP contribution is 2.37. The zero-order valence-electron chi connectivity index (χ0n) is 22.7. The van der Waals surface area contributed by atoms with Gasteiger partial charge in [-0.3, -0.25) is 4.79 Å². The van der Waals surface area contributed by atoms with E-state index in [2.05, 4.69) is 20.4 Å². The first-order valence-corrected chi connectivity index (χ1v) is 14.2. The molecule has 1 atom stereocenters. The van der Waals surface area contributed by atoms with Crippen molar-refractivity contribution in [3.63, 3.8) is 0 Å². The molecule has 1 aliphatic rings. The van der Waals surface area contributed by atoms with Crippen LogP contribution in [0.5, 0.6) is 5.75 Å². The van der Waals surface area contributed by atoms with Crippen molar-refractivity contribution in [1.82, 2.24) is 20.4 Å². The van der Waals surface area contributed by atoms with Crippen LogP contribution in [0, 0.1) is 18.7 Å². The normalized spacial score (nSPS) is 17.7. The molecule has 1 amide bonds. The van der Waals surface area contributed by atoms with Gasteiger partial charge in [-0.15, -0.1) is 0 Å². The molecule has 2 heterocycles. The number of carbonyl (C=O) groups is 1. The van der Waals surface area contributed by atoms with Gasteiger partial charge in [0.05, 0.1) is 5.02 Å². The van der Waals surface area contributed by atoms with Crippen molar-refractivity contribution >= 4 is 34.9 Å². The minimum atomic E-state index is -0.686. The van der Waals surface area contributed by atoms with Gasteiger partial charge < -0.3 is 20.3 Å². The van der Waals surface area contributed by atoms with Crippen LogP contribution in [0.15, 0.2) is 53.2 Å². The van der Waals surface area contributed by atoms with Gasteiger partial charge in [-0.2, -0.15) is 4.98 Å². The SMILES string of the molecule is Cc1noc([C@H]2CC[C@H](CNC(=O)c3ccc(-c4cnc(N)c(O[C@@H](C)c5c(Cl)ccc(F)c5Cl)c4)cc3)CC2)n1. The number of ether oxygens (including phenoxy) is 1. The molecule has 2 aromatic heterocycles. The molecule has 0 spiro atoms. The average molecular weight is 599 g/mol. The van der Waals surface area contributed by atoms with Crippen LogP contribution in [-0.4, -0.2) is 27.6 Å². The number of benzene rings is 2. The molecule has 2 aromatic carbocycles. The van der Waals surface area contributed by atoms with Crippen molar-refractivity contribution in [2.45, 2.75) is 51.6 Å². The lowest BCUT2D eigenvalue weighted by molar-refractivity contribution is 0.0942. The number of nitrogens with zero attached hydrogens (tertiary/aromatic N) is 3. The van der Waals surface area contributed by atoms with E-state index in [9.17, 15) is 9.18 Å². The lowest BCUT2D eigenvalue weighted by Crippen LogP contribution is -2.31. The first-order chi connectivity index (χ1) is 19.7. The minimum absolute atomic E-state index is 0.104. The summed E-state index contributed by atoms with van der Waals surface area (Å²) in [5.41, 5.74) is 8.50. The molecule has 214 valence electrons. The Morgan fingerprint density at radius 3 is 2.56 bits per heavy atom.